The van der Waals surface area contributed by atoms with Crippen molar-refractivity contribution < 1.29 is 24.0 Å². The molecule has 3 atom stereocenters. The molecule has 60 heavy (non-hydrogen) atoms. The highest BCUT2D eigenvalue weighted by Gasteiger charge is 2.42. The Labute approximate surface area is 349 Å². The lowest BCUT2D eigenvalue weighted by molar-refractivity contribution is -0.136. The lowest BCUT2D eigenvalue weighted by Crippen LogP contribution is -2.65. The third-order valence-corrected chi connectivity index (χ3v) is 12.0. The zero-order valence-corrected chi connectivity index (χ0v) is 33.7. The summed E-state index contributed by atoms with van der Waals surface area (Å²) in [6.07, 6.45) is 1.68. The number of carbonyl (C=O) groups is 5. The molecule has 13 nitrogen and oxygen atoms in total. The highest BCUT2D eigenvalue weighted by molar-refractivity contribution is 5.98. The summed E-state index contributed by atoms with van der Waals surface area (Å²) in [5.41, 5.74) is 12.5. The summed E-state index contributed by atoms with van der Waals surface area (Å²) in [6.45, 7) is 2.09. The SMILES string of the molecule is NC(=O)C1(NC(=O)[C@H](Cc2ccccc2)NC(=O)[C@@H](Cc2cccc3ccccc23)NC(=O)[C@@H](Cc2cccc3ccccc23)NC(=O)C2(N)CCNCC2)CCNCC1. The molecule has 2 aliphatic rings. The first-order valence-electron chi connectivity index (χ1n) is 20.7. The monoisotopic (exact) mass is 810 g/mol. The van der Waals surface area contributed by atoms with Gasteiger partial charge in [0, 0.05) is 19.3 Å². The number of fused-ring (bicyclic) bond motifs is 2. The molecule has 0 radical (unpaired) electrons. The highest BCUT2D eigenvalue weighted by Crippen LogP contribution is 2.24. The van der Waals surface area contributed by atoms with Gasteiger partial charge in [0.2, 0.25) is 29.5 Å². The average Bonchev–Trinajstić information content (AvgIpc) is 3.26. The summed E-state index contributed by atoms with van der Waals surface area (Å²) < 4.78 is 0. The van der Waals surface area contributed by atoms with Gasteiger partial charge in [0.15, 0.2) is 0 Å². The first-order valence-corrected chi connectivity index (χ1v) is 20.7. The topological polar surface area (TPSA) is 210 Å². The number of carbonyl (C=O) groups excluding carboxylic acids is 5. The highest BCUT2D eigenvalue weighted by atomic mass is 16.2. The Morgan fingerprint density at radius 2 is 0.983 bits per heavy atom. The van der Waals surface area contributed by atoms with Crippen LogP contribution in [0, 0.1) is 0 Å². The van der Waals surface area contributed by atoms with Gasteiger partial charge in [-0.25, -0.2) is 0 Å². The molecule has 0 saturated carbocycles. The number of hydrogen-bond donors (Lipinski definition) is 8. The molecule has 2 heterocycles. The number of piperidine rings is 2. The predicted octanol–water partition coefficient (Wildman–Crippen LogP) is 2.28. The van der Waals surface area contributed by atoms with E-state index in [0.717, 1.165) is 38.2 Å². The maximum atomic E-state index is 14.8. The van der Waals surface area contributed by atoms with Crippen molar-refractivity contribution in [2.45, 2.75) is 74.1 Å². The Morgan fingerprint density at radius 3 is 1.52 bits per heavy atom. The summed E-state index contributed by atoms with van der Waals surface area (Å²) in [5, 5.41) is 22.0. The standard InChI is InChI=1S/C47H54N8O5/c48-44(59)47(22-26-51-27-23-47)55-43(58)38(28-31-10-2-1-3-11-31)52-41(56)39(29-34-16-8-14-32-12-4-6-18-36(32)34)53-42(57)40(54-45(60)46(49)20-24-50-25-21-46)30-35-17-9-15-33-13-5-7-19-37(33)35/h1-19,38-40,50-51H,20-30,49H2,(H2,48,59)(H,52,56)(H,53,57)(H,54,60)(H,55,58)/t38-,39+,40+/m0/s1. The van der Waals surface area contributed by atoms with Crippen LogP contribution in [0.2, 0.25) is 0 Å². The van der Waals surface area contributed by atoms with Crippen molar-refractivity contribution in [3.8, 4) is 0 Å². The Balaban J connectivity index is 1.22. The molecule has 0 aliphatic carbocycles. The third-order valence-electron chi connectivity index (χ3n) is 12.0. The molecule has 0 bridgehead atoms. The lowest BCUT2D eigenvalue weighted by atomic mass is 9.87. The molecule has 2 fully saturated rings. The molecule has 0 aromatic heterocycles. The Hall–Kier alpha value is -6.15. The Bertz CT molecular complexity index is 2330. The van der Waals surface area contributed by atoms with Crippen LogP contribution in [0.1, 0.15) is 42.4 Å². The number of benzene rings is 5. The van der Waals surface area contributed by atoms with Crippen molar-refractivity contribution in [1.29, 1.82) is 0 Å². The smallest absolute Gasteiger partial charge is 0.243 e. The van der Waals surface area contributed by atoms with E-state index in [1.807, 2.05) is 115 Å². The molecule has 2 saturated heterocycles. The summed E-state index contributed by atoms with van der Waals surface area (Å²) in [6, 6.07) is 33.0. The van der Waals surface area contributed by atoms with E-state index in [2.05, 4.69) is 31.9 Å². The van der Waals surface area contributed by atoms with E-state index in [1.54, 1.807) is 0 Å². The van der Waals surface area contributed by atoms with Crippen LogP contribution >= 0.6 is 0 Å². The van der Waals surface area contributed by atoms with Crippen molar-refractivity contribution in [2.24, 2.45) is 11.5 Å². The molecule has 312 valence electrons. The average molecular weight is 811 g/mol. The van der Waals surface area contributed by atoms with Crippen molar-refractivity contribution in [2.75, 3.05) is 26.2 Å². The predicted molar refractivity (Wildman–Crippen MR) is 232 cm³/mol. The number of primary amides is 1. The number of amides is 5. The molecular formula is C47H54N8O5. The first kappa shape index (κ1) is 42.0. The molecule has 5 amide bonds. The zero-order valence-electron chi connectivity index (χ0n) is 33.7. The first-order chi connectivity index (χ1) is 29.0. The van der Waals surface area contributed by atoms with Crippen LogP contribution in [0.4, 0.5) is 0 Å². The van der Waals surface area contributed by atoms with Crippen LogP contribution in [0.15, 0.2) is 115 Å². The summed E-state index contributed by atoms with van der Waals surface area (Å²) in [4.78, 5) is 70.6. The van der Waals surface area contributed by atoms with Crippen LogP contribution in [0.5, 0.6) is 0 Å². The summed E-state index contributed by atoms with van der Waals surface area (Å²) in [5.74, 6) is -2.86. The van der Waals surface area contributed by atoms with Gasteiger partial charge in [-0.2, -0.15) is 0 Å². The van der Waals surface area contributed by atoms with Gasteiger partial charge < -0.3 is 43.4 Å². The van der Waals surface area contributed by atoms with E-state index in [-0.39, 0.29) is 19.3 Å². The van der Waals surface area contributed by atoms with Crippen LogP contribution in [0.3, 0.4) is 0 Å². The maximum absolute atomic E-state index is 14.8. The number of nitrogens with one attached hydrogen (secondary N) is 6. The lowest BCUT2D eigenvalue weighted by Gasteiger charge is -2.37. The Kier molecular flexibility index (Phi) is 13.2. The molecule has 5 aromatic rings. The molecule has 0 spiro atoms. The van der Waals surface area contributed by atoms with Crippen molar-refractivity contribution in [1.82, 2.24) is 31.9 Å². The summed E-state index contributed by atoms with van der Waals surface area (Å²) >= 11 is 0. The normalized spacial score (nSPS) is 17.4. The second-order valence-electron chi connectivity index (χ2n) is 16.1. The zero-order chi connectivity index (χ0) is 42.1. The quantitative estimate of drug-likeness (QED) is 0.0785. The molecule has 0 unspecified atom stereocenters. The minimum atomic E-state index is -1.29. The largest absolute Gasteiger partial charge is 0.368 e. The fourth-order valence-electron chi connectivity index (χ4n) is 8.41. The number of hydrogen-bond acceptors (Lipinski definition) is 8. The molecule has 13 heteroatoms. The fraction of sp³-hybridized carbons (Fsp3) is 0.340. The second kappa shape index (κ2) is 18.8. The number of nitrogens with two attached hydrogens (primary N) is 2. The van der Waals surface area contributed by atoms with Gasteiger partial charge in [-0.3, -0.25) is 24.0 Å². The van der Waals surface area contributed by atoms with E-state index in [4.69, 9.17) is 11.5 Å². The maximum Gasteiger partial charge on any atom is 0.243 e. The minimum Gasteiger partial charge on any atom is -0.368 e. The van der Waals surface area contributed by atoms with Crippen molar-refractivity contribution in [3.05, 3.63) is 132 Å². The second-order valence-corrected chi connectivity index (χ2v) is 16.1. The van der Waals surface area contributed by atoms with E-state index in [1.165, 1.54) is 0 Å². The minimum absolute atomic E-state index is 0.0664. The van der Waals surface area contributed by atoms with Gasteiger partial charge in [-0.05, 0) is 90.1 Å². The Morgan fingerprint density at radius 1 is 0.533 bits per heavy atom. The van der Waals surface area contributed by atoms with Crippen LogP contribution in [-0.2, 0) is 43.2 Å². The van der Waals surface area contributed by atoms with E-state index < -0.39 is 58.7 Å². The van der Waals surface area contributed by atoms with Gasteiger partial charge in [0.05, 0.1) is 5.54 Å². The van der Waals surface area contributed by atoms with Crippen LogP contribution in [-0.4, -0.2) is 84.9 Å². The molecule has 10 N–H and O–H groups in total. The van der Waals surface area contributed by atoms with E-state index in [9.17, 15) is 24.0 Å². The molecule has 7 rings (SSSR count). The fourth-order valence-corrected chi connectivity index (χ4v) is 8.41. The van der Waals surface area contributed by atoms with Gasteiger partial charge >= 0.3 is 0 Å². The van der Waals surface area contributed by atoms with Gasteiger partial charge in [-0.15, -0.1) is 0 Å². The van der Waals surface area contributed by atoms with E-state index >= 15 is 0 Å². The number of rotatable bonds is 15. The van der Waals surface area contributed by atoms with Gasteiger partial charge in [-0.1, -0.05) is 115 Å². The molecule has 2 aliphatic heterocycles. The van der Waals surface area contributed by atoms with Crippen molar-refractivity contribution >= 4 is 51.1 Å². The van der Waals surface area contributed by atoms with Gasteiger partial charge in [0.1, 0.15) is 23.7 Å². The molecule has 5 aromatic carbocycles. The third kappa shape index (κ3) is 9.82. The van der Waals surface area contributed by atoms with Crippen LogP contribution < -0.4 is 43.4 Å². The van der Waals surface area contributed by atoms with Crippen LogP contribution in [0.25, 0.3) is 21.5 Å². The summed E-state index contributed by atoms with van der Waals surface area (Å²) in [7, 11) is 0. The van der Waals surface area contributed by atoms with E-state index in [0.29, 0.717) is 51.9 Å². The van der Waals surface area contributed by atoms with Gasteiger partial charge in [0.25, 0.3) is 0 Å². The van der Waals surface area contributed by atoms with Crippen molar-refractivity contribution in [3.63, 3.8) is 0 Å². The molecular weight excluding hydrogens is 757 g/mol.